The number of nitrogens with one attached hydrogen (secondary N) is 1. The number of aromatic nitrogens is 1. The number of benzene rings is 2. The lowest BCUT2D eigenvalue weighted by atomic mass is 10.1. The van der Waals surface area contributed by atoms with Crippen LogP contribution in [0.1, 0.15) is 33.6 Å². The SMILES string of the molecule is CCN(CC)CCC[C@@H](C)Nc1cc(-c2ccccc2)nc2cc(OC)ccc12. The van der Waals surface area contributed by atoms with Crippen LogP contribution in [0.4, 0.5) is 5.69 Å². The van der Waals surface area contributed by atoms with Crippen molar-refractivity contribution in [3.8, 4) is 17.0 Å². The fraction of sp³-hybridized carbons (Fsp3) is 0.400. The topological polar surface area (TPSA) is 37.4 Å². The van der Waals surface area contributed by atoms with Gasteiger partial charge in [0, 0.05) is 28.7 Å². The number of nitrogens with zero attached hydrogens (tertiary/aromatic N) is 2. The lowest BCUT2D eigenvalue weighted by Crippen LogP contribution is -2.25. The predicted molar refractivity (Wildman–Crippen MR) is 124 cm³/mol. The molecule has 0 saturated carbocycles. The highest BCUT2D eigenvalue weighted by molar-refractivity contribution is 5.94. The summed E-state index contributed by atoms with van der Waals surface area (Å²) in [5.41, 5.74) is 4.18. The van der Waals surface area contributed by atoms with Gasteiger partial charge in [-0.05, 0) is 57.6 Å². The Morgan fingerprint density at radius 1 is 1.03 bits per heavy atom. The molecule has 0 saturated heterocycles. The number of fused-ring (bicyclic) bond motifs is 1. The number of ether oxygens (including phenoxy) is 1. The summed E-state index contributed by atoms with van der Waals surface area (Å²) < 4.78 is 5.42. The highest BCUT2D eigenvalue weighted by Crippen LogP contribution is 2.31. The molecule has 0 aliphatic rings. The molecule has 154 valence electrons. The van der Waals surface area contributed by atoms with Gasteiger partial charge in [0.15, 0.2) is 0 Å². The molecule has 0 fully saturated rings. The van der Waals surface area contributed by atoms with Crippen LogP contribution in [0, 0.1) is 0 Å². The lowest BCUT2D eigenvalue weighted by Gasteiger charge is -2.21. The van der Waals surface area contributed by atoms with Gasteiger partial charge in [-0.25, -0.2) is 4.98 Å². The quantitative estimate of drug-likeness (QED) is 0.472. The highest BCUT2D eigenvalue weighted by atomic mass is 16.5. The Bertz CT molecular complexity index is 907. The van der Waals surface area contributed by atoms with Crippen LogP contribution >= 0.6 is 0 Å². The standard InChI is InChI=1S/C25H33N3O/c1-5-28(6-2)16-10-11-19(3)26-25-18-23(20-12-8-7-9-13-20)27-24-17-21(29-4)14-15-22(24)25/h7-9,12-15,17-19H,5-6,10-11,16H2,1-4H3,(H,26,27)/t19-/m1/s1. The van der Waals surface area contributed by atoms with E-state index in [2.05, 4.69) is 67.4 Å². The van der Waals surface area contributed by atoms with E-state index in [1.54, 1.807) is 7.11 Å². The zero-order chi connectivity index (χ0) is 20.6. The Morgan fingerprint density at radius 2 is 1.79 bits per heavy atom. The molecule has 4 heteroatoms. The third-order valence-corrected chi connectivity index (χ3v) is 5.49. The van der Waals surface area contributed by atoms with Gasteiger partial charge >= 0.3 is 0 Å². The van der Waals surface area contributed by atoms with E-state index in [0.717, 1.165) is 59.7 Å². The molecule has 1 N–H and O–H groups in total. The van der Waals surface area contributed by atoms with Crippen molar-refractivity contribution < 1.29 is 4.74 Å². The zero-order valence-corrected chi connectivity index (χ0v) is 18.1. The van der Waals surface area contributed by atoms with Gasteiger partial charge in [0.05, 0.1) is 18.3 Å². The van der Waals surface area contributed by atoms with Crippen molar-refractivity contribution in [3.05, 3.63) is 54.6 Å². The van der Waals surface area contributed by atoms with Gasteiger partial charge in [-0.15, -0.1) is 0 Å². The van der Waals surface area contributed by atoms with Crippen LogP contribution in [0.2, 0.25) is 0 Å². The van der Waals surface area contributed by atoms with Gasteiger partial charge in [0.1, 0.15) is 5.75 Å². The van der Waals surface area contributed by atoms with Gasteiger partial charge in [-0.3, -0.25) is 0 Å². The van der Waals surface area contributed by atoms with E-state index in [-0.39, 0.29) is 0 Å². The van der Waals surface area contributed by atoms with Crippen molar-refractivity contribution in [1.29, 1.82) is 0 Å². The average molecular weight is 392 g/mol. The van der Waals surface area contributed by atoms with Crippen molar-refractivity contribution >= 4 is 16.6 Å². The number of anilines is 1. The number of hydrogen-bond donors (Lipinski definition) is 1. The maximum Gasteiger partial charge on any atom is 0.121 e. The first-order valence-corrected chi connectivity index (χ1v) is 10.7. The molecule has 2 aromatic carbocycles. The van der Waals surface area contributed by atoms with Crippen molar-refractivity contribution in [2.24, 2.45) is 0 Å². The second-order valence-electron chi connectivity index (χ2n) is 7.52. The molecule has 1 atom stereocenters. The second-order valence-corrected chi connectivity index (χ2v) is 7.52. The van der Waals surface area contributed by atoms with E-state index in [0.29, 0.717) is 6.04 Å². The van der Waals surface area contributed by atoms with Crippen LogP contribution in [-0.4, -0.2) is 42.7 Å². The minimum absolute atomic E-state index is 0.391. The summed E-state index contributed by atoms with van der Waals surface area (Å²) in [5, 5.41) is 4.87. The third kappa shape index (κ3) is 5.48. The predicted octanol–water partition coefficient (Wildman–Crippen LogP) is 5.83. The summed E-state index contributed by atoms with van der Waals surface area (Å²) in [6.45, 7) is 10.1. The molecule has 29 heavy (non-hydrogen) atoms. The maximum absolute atomic E-state index is 5.42. The summed E-state index contributed by atoms with van der Waals surface area (Å²) in [7, 11) is 1.69. The first-order chi connectivity index (χ1) is 14.1. The Labute approximate surface area is 174 Å². The summed E-state index contributed by atoms with van der Waals surface area (Å²) in [5.74, 6) is 0.827. The second kappa shape index (κ2) is 10.3. The van der Waals surface area contributed by atoms with E-state index >= 15 is 0 Å². The van der Waals surface area contributed by atoms with Crippen LogP contribution in [0.25, 0.3) is 22.2 Å². The van der Waals surface area contributed by atoms with Gasteiger partial charge in [0.25, 0.3) is 0 Å². The van der Waals surface area contributed by atoms with E-state index in [4.69, 9.17) is 9.72 Å². The first kappa shape index (κ1) is 21.1. The van der Waals surface area contributed by atoms with E-state index in [1.807, 2.05) is 18.2 Å². The lowest BCUT2D eigenvalue weighted by molar-refractivity contribution is 0.295. The van der Waals surface area contributed by atoms with Gasteiger partial charge < -0.3 is 15.0 Å². The van der Waals surface area contributed by atoms with Crippen LogP contribution < -0.4 is 10.1 Å². The molecule has 0 bridgehead atoms. The fourth-order valence-corrected chi connectivity index (χ4v) is 3.71. The molecule has 0 aliphatic carbocycles. The first-order valence-electron chi connectivity index (χ1n) is 10.7. The van der Waals surface area contributed by atoms with Crippen LogP contribution in [0.3, 0.4) is 0 Å². The summed E-state index contributed by atoms with van der Waals surface area (Å²) in [6.07, 6.45) is 2.33. The Kier molecular flexibility index (Phi) is 7.48. The van der Waals surface area contributed by atoms with Gasteiger partial charge in [-0.1, -0.05) is 44.2 Å². The van der Waals surface area contributed by atoms with Crippen molar-refractivity contribution in [2.45, 2.75) is 39.7 Å². The smallest absolute Gasteiger partial charge is 0.121 e. The molecule has 1 heterocycles. The van der Waals surface area contributed by atoms with E-state index in [9.17, 15) is 0 Å². The molecule has 0 aliphatic heterocycles. The van der Waals surface area contributed by atoms with Gasteiger partial charge in [-0.2, -0.15) is 0 Å². The van der Waals surface area contributed by atoms with Crippen molar-refractivity contribution in [2.75, 3.05) is 32.1 Å². The maximum atomic E-state index is 5.42. The van der Waals surface area contributed by atoms with Crippen LogP contribution in [0.5, 0.6) is 5.75 Å². The normalized spacial score (nSPS) is 12.3. The minimum atomic E-state index is 0.391. The molecule has 0 spiro atoms. The van der Waals surface area contributed by atoms with Gasteiger partial charge in [0.2, 0.25) is 0 Å². The Morgan fingerprint density at radius 3 is 2.48 bits per heavy atom. The molecule has 1 aromatic heterocycles. The van der Waals surface area contributed by atoms with E-state index in [1.165, 1.54) is 6.42 Å². The molecular weight excluding hydrogens is 358 g/mol. The van der Waals surface area contributed by atoms with Crippen LogP contribution in [0.15, 0.2) is 54.6 Å². The van der Waals surface area contributed by atoms with E-state index < -0.39 is 0 Å². The Balaban J connectivity index is 1.85. The fourth-order valence-electron chi connectivity index (χ4n) is 3.71. The largest absolute Gasteiger partial charge is 0.497 e. The highest BCUT2D eigenvalue weighted by Gasteiger charge is 2.11. The number of hydrogen-bond acceptors (Lipinski definition) is 4. The summed E-state index contributed by atoms with van der Waals surface area (Å²) in [4.78, 5) is 7.38. The molecule has 0 radical (unpaired) electrons. The number of methoxy groups -OCH3 is 1. The van der Waals surface area contributed by atoms with Crippen molar-refractivity contribution in [3.63, 3.8) is 0 Å². The summed E-state index contributed by atoms with van der Waals surface area (Å²) in [6, 6.07) is 19.0. The van der Waals surface area contributed by atoms with Crippen LogP contribution in [-0.2, 0) is 0 Å². The monoisotopic (exact) mass is 391 g/mol. The molecule has 3 aromatic rings. The zero-order valence-electron chi connectivity index (χ0n) is 18.1. The molecule has 0 amide bonds. The summed E-state index contributed by atoms with van der Waals surface area (Å²) >= 11 is 0. The third-order valence-electron chi connectivity index (χ3n) is 5.49. The molecule has 0 unspecified atom stereocenters. The molecular formula is C25H33N3O. The molecule has 3 rings (SSSR count). The number of pyridine rings is 1. The average Bonchev–Trinajstić information content (AvgIpc) is 2.76. The molecule has 4 nitrogen and oxygen atoms in total. The minimum Gasteiger partial charge on any atom is -0.497 e. The number of rotatable bonds is 10. The Hall–Kier alpha value is -2.59. The van der Waals surface area contributed by atoms with Crippen molar-refractivity contribution in [1.82, 2.24) is 9.88 Å².